The second-order valence-electron chi connectivity index (χ2n) is 3.72. The van der Waals surface area contributed by atoms with Gasteiger partial charge in [0.15, 0.2) is 0 Å². The van der Waals surface area contributed by atoms with Gasteiger partial charge in [-0.05, 0) is 13.3 Å². The fourth-order valence-corrected chi connectivity index (χ4v) is 1.26. The van der Waals surface area contributed by atoms with E-state index in [1.54, 1.807) is 7.11 Å². The smallest absolute Gasteiger partial charge is 0.242 e. The summed E-state index contributed by atoms with van der Waals surface area (Å²) in [4.78, 5) is 11.6. The minimum absolute atomic E-state index is 0.00451. The zero-order chi connectivity index (χ0) is 10.6. The Labute approximate surface area is 83.9 Å². The van der Waals surface area contributed by atoms with E-state index in [-0.39, 0.29) is 12.0 Å². The molecule has 5 nitrogen and oxygen atoms in total. The lowest BCUT2D eigenvalue weighted by molar-refractivity contribution is -0.126. The third kappa shape index (κ3) is 2.67. The van der Waals surface area contributed by atoms with Crippen molar-refractivity contribution in [3.8, 4) is 0 Å². The van der Waals surface area contributed by atoms with Crippen LogP contribution in [0.3, 0.4) is 0 Å². The van der Waals surface area contributed by atoms with Crippen LogP contribution in [0.1, 0.15) is 13.3 Å². The lowest BCUT2D eigenvalue weighted by atomic mass is 9.99. The van der Waals surface area contributed by atoms with E-state index in [9.17, 15) is 4.79 Å². The molecule has 0 saturated carbocycles. The van der Waals surface area contributed by atoms with Crippen molar-refractivity contribution in [1.82, 2.24) is 5.32 Å². The lowest BCUT2D eigenvalue weighted by Crippen LogP contribution is -2.55. The number of nitrogens with one attached hydrogen (secondary N) is 1. The molecule has 0 aromatic heterocycles. The number of rotatable bonds is 4. The Kier molecular flexibility index (Phi) is 3.86. The summed E-state index contributed by atoms with van der Waals surface area (Å²) in [6.07, 6.45) is 0.588. The van der Waals surface area contributed by atoms with Crippen molar-refractivity contribution in [2.75, 3.05) is 26.9 Å². The zero-order valence-electron chi connectivity index (χ0n) is 8.71. The highest BCUT2D eigenvalue weighted by atomic mass is 16.5. The van der Waals surface area contributed by atoms with Gasteiger partial charge in [-0.25, -0.2) is 0 Å². The Morgan fingerprint density at radius 1 is 1.79 bits per heavy atom. The van der Waals surface area contributed by atoms with Crippen molar-refractivity contribution in [3.05, 3.63) is 0 Å². The van der Waals surface area contributed by atoms with E-state index in [0.29, 0.717) is 26.2 Å². The molecule has 1 aliphatic rings. The maximum atomic E-state index is 11.6. The quantitative estimate of drug-likeness (QED) is 0.629. The summed E-state index contributed by atoms with van der Waals surface area (Å²) in [5, 5.41) is 2.75. The van der Waals surface area contributed by atoms with E-state index >= 15 is 0 Å². The van der Waals surface area contributed by atoms with Gasteiger partial charge in [0, 0.05) is 20.3 Å². The van der Waals surface area contributed by atoms with Crippen molar-refractivity contribution in [2.24, 2.45) is 5.73 Å². The Morgan fingerprint density at radius 3 is 3.00 bits per heavy atom. The number of carbonyl (C=O) groups excluding carboxylic acids is 1. The molecule has 0 aromatic carbocycles. The number of nitrogens with two attached hydrogens (primary N) is 1. The van der Waals surface area contributed by atoms with Crippen LogP contribution >= 0.6 is 0 Å². The Hall–Kier alpha value is -0.650. The van der Waals surface area contributed by atoms with Gasteiger partial charge in [-0.1, -0.05) is 0 Å². The fraction of sp³-hybridized carbons (Fsp3) is 0.889. The highest BCUT2D eigenvalue weighted by molar-refractivity contribution is 5.86. The van der Waals surface area contributed by atoms with Crippen LogP contribution in [-0.2, 0) is 14.3 Å². The SMILES string of the molecule is COC(C)CNC(=O)C1(N)CCOC1. The Bertz CT molecular complexity index is 202. The first-order chi connectivity index (χ1) is 6.58. The predicted molar refractivity (Wildman–Crippen MR) is 51.8 cm³/mol. The van der Waals surface area contributed by atoms with Crippen LogP contribution in [0.2, 0.25) is 0 Å². The van der Waals surface area contributed by atoms with Crippen LogP contribution in [-0.4, -0.2) is 44.4 Å². The summed E-state index contributed by atoms with van der Waals surface area (Å²) in [6.45, 7) is 3.23. The average molecular weight is 202 g/mol. The van der Waals surface area contributed by atoms with E-state index in [2.05, 4.69) is 5.32 Å². The third-order valence-electron chi connectivity index (χ3n) is 2.46. The van der Waals surface area contributed by atoms with Crippen LogP contribution < -0.4 is 11.1 Å². The van der Waals surface area contributed by atoms with Crippen molar-refractivity contribution in [2.45, 2.75) is 25.0 Å². The molecule has 0 aromatic rings. The molecule has 0 radical (unpaired) electrons. The van der Waals surface area contributed by atoms with E-state index in [0.717, 1.165) is 0 Å². The van der Waals surface area contributed by atoms with Crippen LogP contribution in [0, 0.1) is 0 Å². The molecule has 1 rings (SSSR count). The topological polar surface area (TPSA) is 73.6 Å². The summed E-state index contributed by atoms with van der Waals surface area (Å²) >= 11 is 0. The van der Waals surface area contributed by atoms with Gasteiger partial charge in [0.25, 0.3) is 0 Å². The molecule has 0 aliphatic carbocycles. The molecule has 1 saturated heterocycles. The molecule has 2 atom stereocenters. The zero-order valence-corrected chi connectivity index (χ0v) is 8.71. The summed E-state index contributed by atoms with van der Waals surface area (Å²) < 4.78 is 10.1. The predicted octanol–water partition coefficient (Wildman–Crippen LogP) is -0.745. The van der Waals surface area contributed by atoms with Crippen LogP contribution in [0.25, 0.3) is 0 Å². The van der Waals surface area contributed by atoms with E-state index < -0.39 is 5.54 Å². The minimum Gasteiger partial charge on any atom is -0.380 e. The highest BCUT2D eigenvalue weighted by Crippen LogP contribution is 2.15. The molecule has 1 heterocycles. The molecule has 82 valence electrons. The molecular formula is C9H18N2O3. The molecule has 5 heteroatoms. The Balaban J connectivity index is 2.34. The standard InChI is InChI=1S/C9H18N2O3/c1-7(13-2)5-11-8(12)9(10)3-4-14-6-9/h7H,3-6,10H2,1-2H3,(H,11,12). The molecule has 0 spiro atoms. The Morgan fingerprint density at radius 2 is 2.50 bits per heavy atom. The van der Waals surface area contributed by atoms with Crippen LogP contribution in [0.15, 0.2) is 0 Å². The number of hydrogen-bond acceptors (Lipinski definition) is 4. The number of carbonyl (C=O) groups is 1. The van der Waals surface area contributed by atoms with Crippen molar-refractivity contribution < 1.29 is 14.3 Å². The van der Waals surface area contributed by atoms with Crippen molar-refractivity contribution in [3.63, 3.8) is 0 Å². The first-order valence-corrected chi connectivity index (χ1v) is 4.76. The van der Waals surface area contributed by atoms with Crippen molar-refractivity contribution >= 4 is 5.91 Å². The summed E-state index contributed by atoms with van der Waals surface area (Å²) in [5.41, 5.74) is 5.01. The average Bonchev–Trinajstić information content (AvgIpc) is 2.62. The highest BCUT2D eigenvalue weighted by Gasteiger charge is 2.38. The summed E-state index contributed by atoms with van der Waals surface area (Å²) in [7, 11) is 1.60. The van der Waals surface area contributed by atoms with E-state index in [1.165, 1.54) is 0 Å². The molecule has 1 fully saturated rings. The van der Waals surface area contributed by atoms with Crippen molar-refractivity contribution in [1.29, 1.82) is 0 Å². The van der Waals surface area contributed by atoms with Gasteiger partial charge in [-0.2, -0.15) is 0 Å². The van der Waals surface area contributed by atoms with Crippen LogP contribution in [0.4, 0.5) is 0 Å². The van der Waals surface area contributed by atoms with Gasteiger partial charge in [0.1, 0.15) is 5.54 Å². The lowest BCUT2D eigenvalue weighted by Gasteiger charge is -2.21. The number of ether oxygens (including phenoxy) is 2. The maximum absolute atomic E-state index is 11.6. The fourth-order valence-electron chi connectivity index (χ4n) is 1.26. The summed E-state index contributed by atoms with van der Waals surface area (Å²) in [6, 6.07) is 0. The second-order valence-corrected chi connectivity index (χ2v) is 3.72. The molecule has 1 aliphatic heterocycles. The third-order valence-corrected chi connectivity index (χ3v) is 2.46. The molecule has 14 heavy (non-hydrogen) atoms. The second kappa shape index (κ2) is 4.72. The number of methoxy groups -OCH3 is 1. The molecular weight excluding hydrogens is 184 g/mol. The van der Waals surface area contributed by atoms with Gasteiger partial charge in [-0.15, -0.1) is 0 Å². The van der Waals surface area contributed by atoms with Gasteiger partial charge in [0.05, 0.1) is 12.7 Å². The van der Waals surface area contributed by atoms with Gasteiger partial charge in [0.2, 0.25) is 5.91 Å². The molecule has 2 unspecified atom stereocenters. The van der Waals surface area contributed by atoms with Gasteiger partial charge in [-0.3, -0.25) is 4.79 Å². The molecule has 0 bridgehead atoms. The monoisotopic (exact) mass is 202 g/mol. The maximum Gasteiger partial charge on any atom is 0.242 e. The largest absolute Gasteiger partial charge is 0.380 e. The summed E-state index contributed by atoms with van der Waals surface area (Å²) in [5.74, 6) is -0.154. The number of amides is 1. The van der Waals surface area contributed by atoms with Crippen LogP contribution in [0.5, 0.6) is 0 Å². The molecule has 1 amide bonds. The molecule has 3 N–H and O–H groups in total. The van der Waals surface area contributed by atoms with Gasteiger partial charge < -0.3 is 20.5 Å². The van der Waals surface area contributed by atoms with E-state index in [4.69, 9.17) is 15.2 Å². The number of hydrogen-bond donors (Lipinski definition) is 2. The normalized spacial score (nSPS) is 28.8. The first kappa shape index (κ1) is 11.4. The first-order valence-electron chi connectivity index (χ1n) is 4.76. The minimum atomic E-state index is -0.840. The van der Waals surface area contributed by atoms with E-state index in [1.807, 2.05) is 6.92 Å². The van der Waals surface area contributed by atoms with Gasteiger partial charge >= 0.3 is 0 Å².